The SMILES string of the molecule is FC(F)(F)CCCNC1CCCCCCC1. The zero-order chi connectivity index (χ0) is 11.9. The Hall–Kier alpha value is -0.250. The minimum Gasteiger partial charge on any atom is -0.314 e. The van der Waals surface area contributed by atoms with Crippen molar-refractivity contribution in [1.29, 1.82) is 0 Å². The summed E-state index contributed by atoms with van der Waals surface area (Å²) in [5.74, 6) is 0. The Labute approximate surface area is 95.8 Å². The van der Waals surface area contributed by atoms with Gasteiger partial charge >= 0.3 is 6.18 Å². The van der Waals surface area contributed by atoms with E-state index in [2.05, 4.69) is 5.32 Å². The van der Waals surface area contributed by atoms with Gasteiger partial charge in [-0.1, -0.05) is 32.1 Å². The molecule has 0 radical (unpaired) electrons. The lowest BCUT2D eigenvalue weighted by Gasteiger charge is -2.21. The standard InChI is InChI=1S/C12H22F3N/c13-12(14,15)9-6-10-16-11-7-4-2-1-3-5-8-11/h11,16H,1-10H2. The van der Waals surface area contributed by atoms with Gasteiger partial charge in [0.15, 0.2) is 0 Å². The Bertz CT molecular complexity index is 172. The maximum absolute atomic E-state index is 11.9. The van der Waals surface area contributed by atoms with Crippen LogP contribution in [0.1, 0.15) is 57.8 Å². The highest BCUT2D eigenvalue weighted by atomic mass is 19.4. The Morgan fingerprint density at radius 3 is 2.06 bits per heavy atom. The number of halogens is 3. The molecule has 96 valence electrons. The van der Waals surface area contributed by atoms with E-state index >= 15 is 0 Å². The molecule has 0 saturated heterocycles. The van der Waals surface area contributed by atoms with Crippen LogP contribution in [0.5, 0.6) is 0 Å². The van der Waals surface area contributed by atoms with Gasteiger partial charge in [0.25, 0.3) is 0 Å². The molecule has 1 aliphatic rings. The third kappa shape index (κ3) is 7.09. The van der Waals surface area contributed by atoms with Crippen molar-refractivity contribution < 1.29 is 13.2 Å². The van der Waals surface area contributed by atoms with Crippen LogP contribution in [0.25, 0.3) is 0 Å². The van der Waals surface area contributed by atoms with E-state index in [1.54, 1.807) is 0 Å². The van der Waals surface area contributed by atoms with E-state index in [9.17, 15) is 13.2 Å². The summed E-state index contributed by atoms with van der Waals surface area (Å²) in [5, 5.41) is 3.26. The third-order valence-electron chi connectivity index (χ3n) is 3.18. The fraction of sp³-hybridized carbons (Fsp3) is 1.00. The molecule has 1 fully saturated rings. The zero-order valence-electron chi connectivity index (χ0n) is 9.78. The number of hydrogen-bond acceptors (Lipinski definition) is 1. The highest BCUT2D eigenvalue weighted by Crippen LogP contribution is 2.21. The quantitative estimate of drug-likeness (QED) is 0.728. The van der Waals surface area contributed by atoms with Gasteiger partial charge < -0.3 is 5.32 Å². The summed E-state index contributed by atoms with van der Waals surface area (Å²) in [6, 6.07) is 0.452. The molecule has 4 heteroatoms. The average Bonchev–Trinajstić information content (AvgIpc) is 2.13. The van der Waals surface area contributed by atoms with Crippen LogP contribution in [-0.2, 0) is 0 Å². The van der Waals surface area contributed by atoms with Crippen molar-refractivity contribution in [2.75, 3.05) is 6.54 Å². The van der Waals surface area contributed by atoms with E-state index in [1.807, 2.05) is 0 Å². The molecule has 0 aliphatic heterocycles. The summed E-state index contributed by atoms with van der Waals surface area (Å²) in [5.41, 5.74) is 0. The van der Waals surface area contributed by atoms with E-state index in [4.69, 9.17) is 0 Å². The van der Waals surface area contributed by atoms with Crippen molar-refractivity contribution >= 4 is 0 Å². The van der Waals surface area contributed by atoms with E-state index in [-0.39, 0.29) is 6.42 Å². The molecule has 16 heavy (non-hydrogen) atoms. The van der Waals surface area contributed by atoms with Crippen LogP contribution in [0.3, 0.4) is 0 Å². The molecule has 1 saturated carbocycles. The van der Waals surface area contributed by atoms with Gasteiger partial charge in [0.05, 0.1) is 0 Å². The molecule has 0 unspecified atom stereocenters. The highest BCUT2D eigenvalue weighted by Gasteiger charge is 2.26. The van der Waals surface area contributed by atoms with Crippen LogP contribution in [0.15, 0.2) is 0 Å². The number of rotatable bonds is 4. The second-order valence-electron chi connectivity index (χ2n) is 4.71. The second-order valence-corrected chi connectivity index (χ2v) is 4.71. The lowest BCUT2D eigenvalue weighted by Crippen LogP contribution is -2.31. The summed E-state index contributed by atoms with van der Waals surface area (Å²) in [6.45, 7) is 0.504. The van der Waals surface area contributed by atoms with Crippen molar-refractivity contribution in [2.45, 2.75) is 70.0 Å². The molecule has 1 nitrogen and oxygen atoms in total. The van der Waals surface area contributed by atoms with Crippen molar-refractivity contribution in [2.24, 2.45) is 0 Å². The highest BCUT2D eigenvalue weighted by molar-refractivity contribution is 4.69. The van der Waals surface area contributed by atoms with Gasteiger partial charge in [-0.05, 0) is 25.8 Å². The maximum atomic E-state index is 11.9. The van der Waals surface area contributed by atoms with Crippen LogP contribution in [0.2, 0.25) is 0 Å². The van der Waals surface area contributed by atoms with Gasteiger partial charge in [-0.2, -0.15) is 13.2 Å². The Morgan fingerprint density at radius 1 is 0.938 bits per heavy atom. The molecule has 0 heterocycles. The predicted octanol–water partition coefficient (Wildman–Crippen LogP) is 4.03. The van der Waals surface area contributed by atoms with E-state index in [0.717, 1.165) is 12.8 Å². The molecule has 1 aliphatic carbocycles. The van der Waals surface area contributed by atoms with Gasteiger partial charge in [0, 0.05) is 12.5 Å². The van der Waals surface area contributed by atoms with Gasteiger partial charge in [0.2, 0.25) is 0 Å². The van der Waals surface area contributed by atoms with Gasteiger partial charge in [-0.3, -0.25) is 0 Å². The first kappa shape index (κ1) is 13.8. The first-order chi connectivity index (χ1) is 7.58. The van der Waals surface area contributed by atoms with Crippen LogP contribution in [0, 0.1) is 0 Å². The molecule has 1 rings (SSSR count). The molecule has 0 amide bonds. The summed E-state index contributed by atoms with van der Waals surface area (Å²) in [4.78, 5) is 0. The van der Waals surface area contributed by atoms with E-state index < -0.39 is 12.6 Å². The van der Waals surface area contributed by atoms with Crippen molar-refractivity contribution in [3.05, 3.63) is 0 Å². The molecule has 0 aromatic heterocycles. The lowest BCUT2D eigenvalue weighted by atomic mass is 9.97. The summed E-state index contributed by atoms with van der Waals surface area (Å²) < 4.78 is 35.7. The number of nitrogens with one attached hydrogen (secondary N) is 1. The Morgan fingerprint density at radius 2 is 1.50 bits per heavy atom. The monoisotopic (exact) mass is 237 g/mol. The number of alkyl halides is 3. The summed E-state index contributed by atoms with van der Waals surface area (Å²) in [6.07, 6.45) is 4.13. The average molecular weight is 237 g/mol. The molecule has 0 atom stereocenters. The first-order valence-electron chi connectivity index (χ1n) is 6.38. The summed E-state index contributed by atoms with van der Waals surface area (Å²) in [7, 11) is 0. The van der Waals surface area contributed by atoms with Gasteiger partial charge in [-0.25, -0.2) is 0 Å². The fourth-order valence-corrected chi connectivity index (χ4v) is 2.26. The smallest absolute Gasteiger partial charge is 0.314 e. The van der Waals surface area contributed by atoms with E-state index in [1.165, 1.54) is 32.1 Å². The molecular weight excluding hydrogens is 215 g/mol. The van der Waals surface area contributed by atoms with Crippen molar-refractivity contribution in [3.63, 3.8) is 0 Å². The topological polar surface area (TPSA) is 12.0 Å². The summed E-state index contributed by atoms with van der Waals surface area (Å²) >= 11 is 0. The lowest BCUT2D eigenvalue weighted by molar-refractivity contribution is -0.135. The normalized spacial score (nSPS) is 20.4. The molecule has 1 N–H and O–H groups in total. The second kappa shape index (κ2) is 7.15. The molecule has 0 bridgehead atoms. The predicted molar refractivity (Wildman–Crippen MR) is 59.4 cm³/mol. The fourth-order valence-electron chi connectivity index (χ4n) is 2.26. The third-order valence-corrected chi connectivity index (χ3v) is 3.18. The van der Waals surface area contributed by atoms with Gasteiger partial charge in [-0.15, -0.1) is 0 Å². The Kier molecular flexibility index (Phi) is 6.17. The van der Waals surface area contributed by atoms with Crippen molar-refractivity contribution in [1.82, 2.24) is 5.32 Å². The molecular formula is C12H22F3N. The largest absolute Gasteiger partial charge is 0.389 e. The molecule has 0 spiro atoms. The van der Waals surface area contributed by atoms with Crippen LogP contribution >= 0.6 is 0 Å². The van der Waals surface area contributed by atoms with Gasteiger partial charge in [0.1, 0.15) is 0 Å². The van der Waals surface area contributed by atoms with Crippen LogP contribution in [-0.4, -0.2) is 18.8 Å². The zero-order valence-corrected chi connectivity index (χ0v) is 9.78. The minimum absolute atomic E-state index is 0.208. The minimum atomic E-state index is -4.00. The number of hydrogen-bond donors (Lipinski definition) is 1. The first-order valence-corrected chi connectivity index (χ1v) is 6.38. The van der Waals surface area contributed by atoms with Crippen molar-refractivity contribution in [3.8, 4) is 0 Å². The Balaban J connectivity index is 2.06. The molecule has 0 aromatic carbocycles. The molecule has 0 aromatic rings. The van der Waals surface area contributed by atoms with Crippen LogP contribution < -0.4 is 5.32 Å². The van der Waals surface area contributed by atoms with E-state index in [0.29, 0.717) is 12.6 Å². The van der Waals surface area contributed by atoms with Crippen LogP contribution in [0.4, 0.5) is 13.2 Å². The maximum Gasteiger partial charge on any atom is 0.389 e.